The van der Waals surface area contributed by atoms with E-state index in [0.717, 1.165) is 12.1 Å². The minimum absolute atomic E-state index is 0.0628. The first-order valence-corrected chi connectivity index (χ1v) is 3.30. The predicted molar refractivity (Wildman–Crippen MR) is 39.6 cm³/mol. The molecule has 0 aliphatic rings. The molecule has 12 heavy (non-hydrogen) atoms. The fraction of sp³-hybridized carbons (Fsp3) is 0.250. The maximum absolute atomic E-state index is 12.1. The van der Waals surface area contributed by atoms with Gasteiger partial charge in [-0.25, -0.2) is 8.78 Å². The fourth-order valence-corrected chi connectivity index (χ4v) is 0.830. The molecule has 0 spiro atoms. The van der Waals surface area contributed by atoms with E-state index in [1.54, 1.807) is 0 Å². The number of hydrogen-bond acceptors (Lipinski definition) is 2. The number of alkyl halides is 2. The zero-order chi connectivity index (χ0) is 9.14. The van der Waals surface area contributed by atoms with Crippen molar-refractivity contribution in [3.05, 3.63) is 23.8 Å². The van der Waals surface area contributed by atoms with Gasteiger partial charge in [-0.05, 0) is 18.2 Å². The minimum atomic E-state index is -2.54. The summed E-state index contributed by atoms with van der Waals surface area (Å²) in [7, 11) is 1.31. The van der Waals surface area contributed by atoms with E-state index in [0.29, 0.717) is 0 Å². The van der Waals surface area contributed by atoms with Crippen LogP contribution in [0.5, 0.6) is 11.5 Å². The van der Waals surface area contributed by atoms with Gasteiger partial charge >= 0.3 is 0 Å². The van der Waals surface area contributed by atoms with E-state index in [9.17, 15) is 8.78 Å². The van der Waals surface area contributed by atoms with Crippen LogP contribution < -0.4 is 4.74 Å². The zero-order valence-electron chi connectivity index (χ0n) is 6.42. The molecule has 2 nitrogen and oxygen atoms in total. The number of halogens is 2. The Morgan fingerprint density at radius 3 is 2.58 bits per heavy atom. The third kappa shape index (κ3) is 1.64. The highest BCUT2D eigenvalue weighted by Gasteiger charge is 2.09. The fourth-order valence-electron chi connectivity index (χ4n) is 0.830. The number of ether oxygens (including phenoxy) is 1. The first kappa shape index (κ1) is 8.77. The number of phenolic OH excluding ortho intramolecular Hbond substituents is 1. The summed E-state index contributed by atoms with van der Waals surface area (Å²) in [4.78, 5) is 0. The topological polar surface area (TPSA) is 29.5 Å². The van der Waals surface area contributed by atoms with Crippen LogP contribution in [-0.2, 0) is 0 Å². The van der Waals surface area contributed by atoms with E-state index in [4.69, 9.17) is 5.11 Å². The quantitative estimate of drug-likeness (QED) is 0.745. The SMILES string of the molecule is COc1cc(C(F)F)ccc1O. The van der Waals surface area contributed by atoms with Crippen molar-refractivity contribution in [2.24, 2.45) is 0 Å². The molecule has 0 bridgehead atoms. The Kier molecular flexibility index (Phi) is 2.47. The van der Waals surface area contributed by atoms with Gasteiger partial charge in [-0.1, -0.05) is 0 Å². The van der Waals surface area contributed by atoms with E-state index in [1.165, 1.54) is 13.2 Å². The number of phenols is 1. The Morgan fingerprint density at radius 2 is 2.08 bits per heavy atom. The average Bonchev–Trinajstić information content (AvgIpc) is 2.05. The summed E-state index contributed by atoms with van der Waals surface area (Å²) < 4.78 is 28.8. The summed E-state index contributed by atoms with van der Waals surface area (Å²) in [6.45, 7) is 0. The van der Waals surface area contributed by atoms with E-state index in [-0.39, 0.29) is 17.1 Å². The summed E-state index contributed by atoms with van der Waals surface area (Å²) in [5.74, 6) is -0.0744. The van der Waals surface area contributed by atoms with Gasteiger partial charge in [-0.2, -0.15) is 0 Å². The second kappa shape index (κ2) is 3.38. The van der Waals surface area contributed by atoms with Gasteiger partial charge in [0.15, 0.2) is 11.5 Å². The van der Waals surface area contributed by atoms with Crippen molar-refractivity contribution in [1.29, 1.82) is 0 Å². The minimum Gasteiger partial charge on any atom is -0.504 e. The summed E-state index contributed by atoms with van der Waals surface area (Å²) in [5, 5.41) is 9.05. The van der Waals surface area contributed by atoms with Gasteiger partial charge in [0.2, 0.25) is 0 Å². The zero-order valence-corrected chi connectivity index (χ0v) is 6.42. The number of methoxy groups -OCH3 is 1. The summed E-state index contributed by atoms with van der Waals surface area (Å²) in [6.07, 6.45) is -2.54. The monoisotopic (exact) mass is 174 g/mol. The van der Waals surface area contributed by atoms with E-state index in [1.807, 2.05) is 0 Å². The standard InChI is InChI=1S/C8H8F2O2/c1-12-7-4-5(8(9)10)2-3-6(7)11/h2-4,8,11H,1H3. The molecule has 0 saturated heterocycles. The van der Waals surface area contributed by atoms with Gasteiger partial charge in [0.1, 0.15) is 0 Å². The molecule has 0 unspecified atom stereocenters. The third-order valence-electron chi connectivity index (χ3n) is 1.46. The number of hydrogen-bond donors (Lipinski definition) is 1. The molecule has 0 radical (unpaired) electrons. The van der Waals surface area contributed by atoms with Crippen molar-refractivity contribution in [2.75, 3.05) is 7.11 Å². The van der Waals surface area contributed by atoms with E-state index in [2.05, 4.69) is 4.74 Å². The molecule has 0 heterocycles. The molecule has 4 heteroatoms. The number of benzene rings is 1. The first-order chi connectivity index (χ1) is 5.65. The van der Waals surface area contributed by atoms with E-state index >= 15 is 0 Å². The van der Waals surface area contributed by atoms with Crippen LogP contribution in [0.2, 0.25) is 0 Å². The summed E-state index contributed by atoms with van der Waals surface area (Å²) >= 11 is 0. The van der Waals surface area contributed by atoms with Gasteiger partial charge < -0.3 is 9.84 Å². The molecule has 0 atom stereocenters. The van der Waals surface area contributed by atoms with E-state index < -0.39 is 6.43 Å². The predicted octanol–water partition coefficient (Wildman–Crippen LogP) is 2.34. The van der Waals surface area contributed by atoms with Crippen LogP contribution in [0.15, 0.2) is 18.2 Å². The molecule has 1 N–H and O–H groups in total. The Balaban J connectivity index is 3.05. The van der Waals surface area contributed by atoms with Crippen LogP contribution in [0.1, 0.15) is 12.0 Å². The Morgan fingerprint density at radius 1 is 1.42 bits per heavy atom. The molecule has 66 valence electrons. The van der Waals surface area contributed by atoms with Crippen molar-refractivity contribution >= 4 is 0 Å². The maximum Gasteiger partial charge on any atom is 0.263 e. The highest BCUT2D eigenvalue weighted by molar-refractivity contribution is 5.41. The highest BCUT2D eigenvalue weighted by Crippen LogP contribution is 2.30. The lowest BCUT2D eigenvalue weighted by Gasteiger charge is -2.05. The largest absolute Gasteiger partial charge is 0.504 e. The van der Waals surface area contributed by atoms with Crippen LogP contribution in [0, 0.1) is 0 Å². The van der Waals surface area contributed by atoms with Crippen LogP contribution >= 0.6 is 0 Å². The third-order valence-corrected chi connectivity index (χ3v) is 1.46. The van der Waals surface area contributed by atoms with Gasteiger partial charge in [0.05, 0.1) is 7.11 Å². The molecular formula is C8H8F2O2. The van der Waals surface area contributed by atoms with Gasteiger partial charge in [-0.3, -0.25) is 0 Å². The van der Waals surface area contributed by atoms with Crippen molar-refractivity contribution in [3.8, 4) is 11.5 Å². The van der Waals surface area contributed by atoms with Crippen molar-refractivity contribution < 1.29 is 18.6 Å². The van der Waals surface area contributed by atoms with Crippen molar-refractivity contribution in [3.63, 3.8) is 0 Å². The van der Waals surface area contributed by atoms with Gasteiger partial charge in [0, 0.05) is 5.56 Å². The van der Waals surface area contributed by atoms with Crippen molar-refractivity contribution in [2.45, 2.75) is 6.43 Å². The Bertz CT molecular complexity index is 274. The molecule has 0 fully saturated rings. The number of rotatable bonds is 2. The smallest absolute Gasteiger partial charge is 0.263 e. The maximum atomic E-state index is 12.1. The second-order valence-corrected chi connectivity index (χ2v) is 2.23. The molecule has 0 aliphatic heterocycles. The molecule has 1 aromatic rings. The summed E-state index contributed by atoms with van der Waals surface area (Å²) in [5.41, 5.74) is -0.162. The number of aromatic hydroxyl groups is 1. The normalized spacial score (nSPS) is 10.3. The van der Waals surface area contributed by atoms with Crippen LogP contribution in [0.4, 0.5) is 8.78 Å². The molecule has 0 aliphatic carbocycles. The molecule has 0 saturated carbocycles. The van der Waals surface area contributed by atoms with Crippen LogP contribution in [-0.4, -0.2) is 12.2 Å². The Labute approximate surface area is 68.4 Å². The van der Waals surface area contributed by atoms with Crippen LogP contribution in [0.3, 0.4) is 0 Å². The van der Waals surface area contributed by atoms with Crippen LogP contribution in [0.25, 0.3) is 0 Å². The lowest BCUT2D eigenvalue weighted by molar-refractivity contribution is 0.151. The second-order valence-electron chi connectivity index (χ2n) is 2.23. The summed E-state index contributed by atoms with van der Waals surface area (Å²) in [6, 6.07) is 3.45. The van der Waals surface area contributed by atoms with Gasteiger partial charge in [-0.15, -0.1) is 0 Å². The lowest BCUT2D eigenvalue weighted by atomic mass is 10.2. The highest BCUT2D eigenvalue weighted by atomic mass is 19.3. The first-order valence-electron chi connectivity index (χ1n) is 3.30. The molecule has 1 rings (SSSR count). The van der Waals surface area contributed by atoms with Gasteiger partial charge in [0.25, 0.3) is 6.43 Å². The molecular weight excluding hydrogens is 166 g/mol. The van der Waals surface area contributed by atoms with Crippen molar-refractivity contribution in [1.82, 2.24) is 0 Å². The molecule has 1 aromatic carbocycles. The average molecular weight is 174 g/mol. The lowest BCUT2D eigenvalue weighted by Crippen LogP contribution is -1.88. The Hall–Kier alpha value is -1.32. The molecule has 0 amide bonds. The molecule has 0 aromatic heterocycles.